The Morgan fingerprint density at radius 3 is 2.89 bits per heavy atom. The van der Waals surface area contributed by atoms with Crippen LogP contribution < -0.4 is 4.90 Å². The Hall–Kier alpha value is -1.18. The van der Waals surface area contributed by atoms with Gasteiger partial charge in [0, 0.05) is 26.2 Å². The molecule has 1 aliphatic rings. The summed E-state index contributed by atoms with van der Waals surface area (Å²) in [5, 5.41) is 9.96. The lowest BCUT2D eigenvalue weighted by molar-refractivity contribution is 0.0697. The molecule has 2 heterocycles. The van der Waals surface area contributed by atoms with Gasteiger partial charge in [0.25, 0.3) is 0 Å². The number of anilines is 1. The molecule has 1 aliphatic heterocycles. The van der Waals surface area contributed by atoms with Crippen LogP contribution in [0.5, 0.6) is 0 Å². The van der Waals surface area contributed by atoms with Crippen LogP contribution in [-0.2, 0) is 11.3 Å². The zero-order valence-electron chi connectivity index (χ0n) is 11.4. The van der Waals surface area contributed by atoms with Gasteiger partial charge in [-0.05, 0) is 20.5 Å². The summed E-state index contributed by atoms with van der Waals surface area (Å²) in [6.45, 7) is 2.05. The molecule has 1 atom stereocenters. The molecule has 1 aromatic rings. The number of carboxylic acids is 1. The average Bonchev–Trinajstić information content (AvgIpc) is 2.94. The highest BCUT2D eigenvalue weighted by Gasteiger charge is 2.28. The third-order valence-electron chi connectivity index (χ3n) is 3.33. The fourth-order valence-electron chi connectivity index (χ4n) is 2.21. The van der Waals surface area contributed by atoms with Gasteiger partial charge < -0.3 is 19.6 Å². The number of likely N-dealkylation sites (N-methyl/N-ethyl adjacent to an activating group) is 1. The Kier molecular flexibility index (Phi) is 4.38. The van der Waals surface area contributed by atoms with Crippen molar-refractivity contribution in [3.63, 3.8) is 0 Å². The van der Waals surface area contributed by atoms with Crippen LogP contribution in [0.15, 0.2) is 0 Å². The second-order valence-electron chi connectivity index (χ2n) is 4.86. The highest BCUT2D eigenvalue weighted by Crippen LogP contribution is 2.30. The summed E-state index contributed by atoms with van der Waals surface area (Å²) in [4.78, 5) is 20.2. The van der Waals surface area contributed by atoms with Crippen LogP contribution in [-0.4, -0.2) is 61.3 Å². The van der Waals surface area contributed by atoms with Crippen LogP contribution in [0.3, 0.4) is 0 Å². The Balaban J connectivity index is 2.17. The van der Waals surface area contributed by atoms with Gasteiger partial charge in [-0.3, -0.25) is 0 Å². The Morgan fingerprint density at radius 2 is 2.37 bits per heavy atom. The van der Waals surface area contributed by atoms with Crippen LogP contribution >= 0.6 is 11.3 Å². The van der Waals surface area contributed by atoms with Gasteiger partial charge in [-0.2, -0.15) is 0 Å². The largest absolute Gasteiger partial charge is 0.477 e. The number of carboxylic acid groups (broad SMARTS) is 1. The molecule has 6 nitrogen and oxygen atoms in total. The van der Waals surface area contributed by atoms with E-state index >= 15 is 0 Å². The lowest BCUT2D eigenvalue weighted by atomic mass is 10.2. The van der Waals surface area contributed by atoms with Crippen LogP contribution in [0.4, 0.5) is 5.13 Å². The molecule has 19 heavy (non-hydrogen) atoms. The summed E-state index contributed by atoms with van der Waals surface area (Å²) in [5.41, 5.74) is 0.517. The van der Waals surface area contributed by atoms with E-state index in [-0.39, 0.29) is 11.5 Å². The maximum Gasteiger partial charge on any atom is 0.347 e. The third kappa shape index (κ3) is 3.05. The van der Waals surface area contributed by atoms with Crippen molar-refractivity contribution in [1.29, 1.82) is 0 Å². The van der Waals surface area contributed by atoms with Gasteiger partial charge in [0.05, 0.1) is 12.3 Å². The lowest BCUT2D eigenvalue weighted by Gasteiger charge is -2.19. The second kappa shape index (κ2) is 5.85. The van der Waals surface area contributed by atoms with Gasteiger partial charge in [-0.1, -0.05) is 11.3 Å². The standard InChI is InChI=1S/C12H19N3O3S/c1-14(2)8-4-5-15(6-8)12-13-9(7-18-3)10(19-12)11(16)17/h8H,4-7H2,1-3H3,(H,16,17). The first kappa shape index (κ1) is 14.2. The highest BCUT2D eigenvalue weighted by molar-refractivity contribution is 7.17. The van der Waals surface area contributed by atoms with E-state index in [0.717, 1.165) is 24.6 Å². The summed E-state index contributed by atoms with van der Waals surface area (Å²) < 4.78 is 5.01. The van der Waals surface area contributed by atoms with E-state index < -0.39 is 5.97 Å². The average molecular weight is 285 g/mol. The molecule has 1 fully saturated rings. The number of methoxy groups -OCH3 is 1. The van der Waals surface area contributed by atoms with Crippen molar-refractivity contribution < 1.29 is 14.6 Å². The van der Waals surface area contributed by atoms with Gasteiger partial charge in [-0.25, -0.2) is 9.78 Å². The van der Waals surface area contributed by atoms with Crippen molar-refractivity contribution in [2.45, 2.75) is 19.1 Å². The smallest absolute Gasteiger partial charge is 0.347 e. The summed E-state index contributed by atoms with van der Waals surface area (Å²) in [7, 11) is 5.67. The van der Waals surface area contributed by atoms with E-state index in [1.165, 1.54) is 11.3 Å². The number of aromatic nitrogens is 1. The normalized spacial score (nSPS) is 19.4. The zero-order chi connectivity index (χ0) is 14.0. The fraction of sp³-hybridized carbons (Fsp3) is 0.667. The van der Waals surface area contributed by atoms with E-state index in [2.05, 4.69) is 28.9 Å². The molecular formula is C12H19N3O3S. The Bertz CT molecular complexity index is 461. The van der Waals surface area contributed by atoms with E-state index in [1.54, 1.807) is 7.11 Å². The number of carbonyl (C=O) groups is 1. The van der Waals surface area contributed by atoms with Gasteiger partial charge in [0.15, 0.2) is 5.13 Å². The maximum atomic E-state index is 11.2. The number of hydrogen-bond donors (Lipinski definition) is 1. The zero-order valence-corrected chi connectivity index (χ0v) is 12.2. The van der Waals surface area contributed by atoms with Crippen molar-refractivity contribution >= 4 is 22.4 Å². The maximum absolute atomic E-state index is 11.2. The van der Waals surface area contributed by atoms with Crippen molar-refractivity contribution in [3.05, 3.63) is 10.6 Å². The fourth-order valence-corrected chi connectivity index (χ4v) is 3.16. The molecule has 0 bridgehead atoms. The first-order chi connectivity index (χ1) is 9.02. The van der Waals surface area contributed by atoms with Crippen molar-refractivity contribution in [1.82, 2.24) is 9.88 Å². The molecule has 1 saturated heterocycles. The first-order valence-electron chi connectivity index (χ1n) is 6.16. The molecule has 0 amide bonds. The van der Waals surface area contributed by atoms with Gasteiger partial charge >= 0.3 is 5.97 Å². The van der Waals surface area contributed by atoms with Crippen LogP contribution in [0, 0.1) is 0 Å². The summed E-state index contributed by atoms with van der Waals surface area (Å²) in [6.07, 6.45) is 1.08. The van der Waals surface area contributed by atoms with Gasteiger partial charge in [0.2, 0.25) is 0 Å². The molecule has 7 heteroatoms. The molecule has 0 spiro atoms. The molecule has 0 saturated carbocycles. The minimum atomic E-state index is -0.931. The predicted molar refractivity (Wildman–Crippen MR) is 74.1 cm³/mol. The molecule has 0 radical (unpaired) electrons. The third-order valence-corrected chi connectivity index (χ3v) is 4.47. The quantitative estimate of drug-likeness (QED) is 0.875. The van der Waals surface area contributed by atoms with Gasteiger partial charge in [0.1, 0.15) is 4.88 Å². The molecule has 106 valence electrons. The number of nitrogens with zero attached hydrogens (tertiary/aromatic N) is 3. The monoisotopic (exact) mass is 285 g/mol. The van der Waals surface area contributed by atoms with Crippen molar-refractivity contribution in [2.24, 2.45) is 0 Å². The lowest BCUT2D eigenvalue weighted by Crippen LogP contribution is -2.31. The minimum Gasteiger partial charge on any atom is -0.477 e. The Labute approximate surface area is 116 Å². The molecule has 1 N–H and O–H groups in total. The minimum absolute atomic E-state index is 0.239. The summed E-state index contributed by atoms with van der Waals surface area (Å²) in [5.74, 6) is -0.931. The van der Waals surface area contributed by atoms with Crippen LogP contribution in [0.1, 0.15) is 21.8 Å². The van der Waals surface area contributed by atoms with E-state index in [1.807, 2.05) is 0 Å². The highest BCUT2D eigenvalue weighted by atomic mass is 32.1. The molecule has 1 aromatic heterocycles. The predicted octanol–water partition coefficient (Wildman–Crippen LogP) is 1.13. The molecular weight excluding hydrogens is 266 g/mol. The van der Waals surface area contributed by atoms with Gasteiger partial charge in [-0.15, -0.1) is 0 Å². The topological polar surface area (TPSA) is 65.9 Å². The molecule has 2 rings (SSSR count). The van der Waals surface area contributed by atoms with E-state index in [9.17, 15) is 9.90 Å². The van der Waals surface area contributed by atoms with E-state index in [0.29, 0.717) is 11.7 Å². The SMILES string of the molecule is COCc1nc(N2CCC(N(C)C)C2)sc1C(=O)O. The second-order valence-corrected chi connectivity index (χ2v) is 5.84. The molecule has 0 aromatic carbocycles. The number of thiazole rings is 1. The molecule has 0 aliphatic carbocycles. The first-order valence-corrected chi connectivity index (χ1v) is 6.98. The van der Waals surface area contributed by atoms with E-state index in [4.69, 9.17) is 4.74 Å². The number of aromatic carboxylic acids is 1. The number of rotatable bonds is 5. The molecule has 1 unspecified atom stereocenters. The van der Waals surface area contributed by atoms with Crippen LogP contribution in [0.2, 0.25) is 0 Å². The summed E-state index contributed by atoms with van der Waals surface area (Å²) in [6, 6.07) is 0.503. The number of hydrogen-bond acceptors (Lipinski definition) is 6. The van der Waals surface area contributed by atoms with Crippen LogP contribution in [0.25, 0.3) is 0 Å². The number of ether oxygens (including phenoxy) is 1. The Morgan fingerprint density at radius 1 is 1.63 bits per heavy atom. The van der Waals surface area contributed by atoms with Crippen molar-refractivity contribution in [3.8, 4) is 0 Å². The summed E-state index contributed by atoms with van der Waals surface area (Å²) >= 11 is 1.24. The van der Waals surface area contributed by atoms with Crippen molar-refractivity contribution in [2.75, 3.05) is 39.2 Å².